The molecule has 1 heterocycles. The Kier molecular flexibility index (Phi) is 4.20. The van der Waals surface area contributed by atoms with Crippen LogP contribution in [0.3, 0.4) is 0 Å². The Bertz CT molecular complexity index is 345. The Labute approximate surface area is 114 Å². The number of nitrogens with zero attached hydrogens (tertiary/aromatic N) is 1. The number of amides is 1. The molecule has 0 unspecified atom stereocenters. The zero-order valence-corrected chi connectivity index (χ0v) is 12.6. The normalized spacial score (nSPS) is 26.1. The highest BCUT2D eigenvalue weighted by Crippen LogP contribution is 2.34. The number of aliphatic hydroxyl groups is 2. The lowest BCUT2D eigenvalue weighted by molar-refractivity contribution is -0.0885. The number of hydrogen-bond acceptors (Lipinski definition) is 5. The van der Waals surface area contributed by atoms with Crippen molar-refractivity contribution in [2.24, 2.45) is 0 Å². The summed E-state index contributed by atoms with van der Waals surface area (Å²) in [5, 5.41) is 19.5. The lowest BCUT2D eigenvalue weighted by Gasteiger charge is -2.39. The van der Waals surface area contributed by atoms with Gasteiger partial charge in [0.15, 0.2) is 0 Å². The van der Waals surface area contributed by atoms with Gasteiger partial charge in [-0.15, -0.1) is 0 Å². The molecule has 1 rings (SSSR count). The Morgan fingerprint density at radius 1 is 1.42 bits per heavy atom. The Hall–Kier alpha value is -0.850. The molecule has 0 saturated carbocycles. The Morgan fingerprint density at radius 2 is 1.95 bits per heavy atom. The van der Waals surface area contributed by atoms with Crippen LogP contribution in [0.1, 0.15) is 41.5 Å². The SMILES string of the molecule is CC(C)(C)OC(=O)N1[C@@H]([C@@](C)(O)CO)COC1(C)C. The highest BCUT2D eigenvalue weighted by molar-refractivity contribution is 5.70. The Morgan fingerprint density at radius 3 is 2.37 bits per heavy atom. The van der Waals surface area contributed by atoms with Gasteiger partial charge in [-0.3, -0.25) is 4.90 Å². The molecule has 112 valence electrons. The molecule has 0 radical (unpaired) electrons. The average molecular weight is 275 g/mol. The number of aliphatic hydroxyl groups excluding tert-OH is 1. The summed E-state index contributed by atoms with van der Waals surface area (Å²) in [4.78, 5) is 13.6. The lowest BCUT2D eigenvalue weighted by Crippen LogP contribution is -2.58. The summed E-state index contributed by atoms with van der Waals surface area (Å²) < 4.78 is 10.9. The van der Waals surface area contributed by atoms with Crippen LogP contribution in [0.25, 0.3) is 0 Å². The minimum Gasteiger partial charge on any atom is -0.444 e. The predicted molar refractivity (Wildman–Crippen MR) is 69.6 cm³/mol. The fourth-order valence-electron chi connectivity index (χ4n) is 2.02. The Balaban J connectivity index is 3.00. The molecule has 0 aromatic rings. The van der Waals surface area contributed by atoms with E-state index in [1.165, 1.54) is 11.8 Å². The van der Waals surface area contributed by atoms with E-state index < -0.39 is 35.7 Å². The summed E-state index contributed by atoms with van der Waals surface area (Å²) in [6, 6.07) is -0.651. The van der Waals surface area contributed by atoms with E-state index in [4.69, 9.17) is 9.47 Å². The van der Waals surface area contributed by atoms with Crippen LogP contribution in [0, 0.1) is 0 Å². The van der Waals surface area contributed by atoms with Crippen molar-refractivity contribution < 1.29 is 24.5 Å². The largest absolute Gasteiger partial charge is 0.444 e. The molecule has 2 atom stereocenters. The summed E-state index contributed by atoms with van der Waals surface area (Å²) in [5.41, 5.74) is -2.96. The molecule has 1 saturated heterocycles. The molecular weight excluding hydrogens is 250 g/mol. The van der Waals surface area contributed by atoms with Crippen LogP contribution in [0.15, 0.2) is 0 Å². The van der Waals surface area contributed by atoms with E-state index >= 15 is 0 Å². The second-order valence-electron chi connectivity index (χ2n) is 6.64. The molecule has 0 bridgehead atoms. The average Bonchev–Trinajstić information content (AvgIpc) is 2.52. The van der Waals surface area contributed by atoms with Crippen molar-refractivity contribution in [3.8, 4) is 0 Å². The quantitative estimate of drug-likeness (QED) is 0.789. The van der Waals surface area contributed by atoms with Gasteiger partial charge in [0.25, 0.3) is 0 Å². The minimum atomic E-state index is -1.44. The standard InChI is InChI=1S/C13H25NO5/c1-11(2,3)19-10(16)14-9(13(6,17)8-15)7-18-12(14,4)5/h9,15,17H,7-8H2,1-6H3/t9-,13+/m1/s1. The summed E-state index contributed by atoms with van der Waals surface area (Å²) in [6.07, 6.45) is -0.561. The van der Waals surface area contributed by atoms with Crippen LogP contribution in [0.5, 0.6) is 0 Å². The zero-order valence-electron chi connectivity index (χ0n) is 12.6. The maximum atomic E-state index is 12.3. The molecule has 1 fully saturated rings. The number of carbonyl (C=O) groups excluding carboxylic acids is 1. The second-order valence-corrected chi connectivity index (χ2v) is 6.64. The first-order valence-corrected chi connectivity index (χ1v) is 6.40. The first-order valence-electron chi connectivity index (χ1n) is 6.40. The van der Waals surface area contributed by atoms with Crippen LogP contribution >= 0.6 is 0 Å². The van der Waals surface area contributed by atoms with Crippen molar-refractivity contribution in [1.29, 1.82) is 0 Å². The van der Waals surface area contributed by atoms with E-state index in [-0.39, 0.29) is 6.61 Å². The molecule has 1 aliphatic heterocycles. The molecule has 0 aromatic carbocycles. The fraction of sp³-hybridized carbons (Fsp3) is 0.923. The third-order valence-electron chi connectivity index (χ3n) is 3.11. The fourth-order valence-corrected chi connectivity index (χ4v) is 2.02. The maximum absolute atomic E-state index is 12.3. The van der Waals surface area contributed by atoms with Gasteiger partial charge in [-0.25, -0.2) is 4.79 Å². The highest BCUT2D eigenvalue weighted by atomic mass is 16.6. The molecule has 6 nitrogen and oxygen atoms in total. The number of ether oxygens (including phenoxy) is 2. The van der Waals surface area contributed by atoms with Crippen LogP contribution in [-0.4, -0.2) is 57.4 Å². The van der Waals surface area contributed by atoms with Gasteiger partial charge in [0.2, 0.25) is 0 Å². The van der Waals surface area contributed by atoms with E-state index in [9.17, 15) is 15.0 Å². The van der Waals surface area contributed by atoms with Crippen LogP contribution in [0.2, 0.25) is 0 Å². The molecule has 6 heteroatoms. The minimum absolute atomic E-state index is 0.153. The van der Waals surface area contributed by atoms with Gasteiger partial charge in [-0.2, -0.15) is 0 Å². The van der Waals surface area contributed by atoms with E-state index in [0.717, 1.165) is 0 Å². The molecule has 0 aliphatic carbocycles. The molecule has 1 amide bonds. The molecule has 0 aromatic heterocycles. The first-order chi connectivity index (χ1) is 8.41. The first kappa shape index (κ1) is 16.2. The van der Waals surface area contributed by atoms with Crippen LogP contribution in [-0.2, 0) is 9.47 Å². The third-order valence-corrected chi connectivity index (χ3v) is 3.11. The van der Waals surface area contributed by atoms with Crippen LogP contribution < -0.4 is 0 Å². The summed E-state index contributed by atoms with van der Waals surface area (Å²) in [7, 11) is 0. The van der Waals surface area contributed by atoms with Crippen molar-refractivity contribution in [3.63, 3.8) is 0 Å². The number of carbonyl (C=O) groups is 1. The molecule has 1 aliphatic rings. The van der Waals surface area contributed by atoms with E-state index in [1.54, 1.807) is 34.6 Å². The van der Waals surface area contributed by atoms with Gasteiger partial charge in [0.1, 0.15) is 16.9 Å². The van der Waals surface area contributed by atoms with Gasteiger partial charge >= 0.3 is 6.09 Å². The van der Waals surface area contributed by atoms with E-state index in [2.05, 4.69) is 0 Å². The maximum Gasteiger partial charge on any atom is 0.413 e. The summed E-state index contributed by atoms with van der Waals surface area (Å²) in [5.74, 6) is 0. The van der Waals surface area contributed by atoms with Crippen molar-refractivity contribution in [3.05, 3.63) is 0 Å². The van der Waals surface area contributed by atoms with Crippen molar-refractivity contribution in [1.82, 2.24) is 4.90 Å². The third kappa shape index (κ3) is 3.58. The predicted octanol–water partition coefficient (Wildman–Crippen LogP) is 1.10. The monoisotopic (exact) mass is 275 g/mol. The van der Waals surface area contributed by atoms with Gasteiger partial charge in [0.05, 0.1) is 19.3 Å². The van der Waals surface area contributed by atoms with Crippen LogP contribution in [0.4, 0.5) is 4.79 Å². The van der Waals surface area contributed by atoms with Crippen molar-refractivity contribution in [2.45, 2.75) is 64.5 Å². The number of hydrogen-bond donors (Lipinski definition) is 2. The summed E-state index contributed by atoms with van der Waals surface area (Å²) in [6.45, 7) is 9.93. The van der Waals surface area contributed by atoms with E-state index in [1.807, 2.05) is 0 Å². The zero-order chi connectivity index (χ0) is 15.1. The van der Waals surface area contributed by atoms with Gasteiger partial charge in [-0.05, 0) is 41.5 Å². The van der Waals surface area contributed by atoms with Gasteiger partial charge < -0.3 is 19.7 Å². The molecule has 19 heavy (non-hydrogen) atoms. The number of rotatable bonds is 2. The van der Waals surface area contributed by atoms with E-state index in [0.29, 0.717) is 0 Å². The molecule has 0 spiro atoms. The van der Waals surface area contributed by atoms with Crippen molar-refractivity contribution >= 4 is 6.09 Å². The smallest absolute Gasteiger partial charge is 0.413 e. The topological polar surface area (TPSA) is 79.2 Å². The second kappa shape index (κ2) is 4.92. The van der Waals surface area contributed by atoms with Gasteiger partial charge in [0, 0.05) is 0 Å². The summed E-state index contributed by atoms with van der Waals surface area (Å²) >= 11 is 0. The molecule has 2 N–H and O–H groups in total. The van der Waals surface area contributed by atoms with Gasteiger partial charge in [-0.1, -0.05) is 0 Å². The van der Waals surface area contributed by atoms with Crippen molar-refractivity contribution in [2.75, 3.05) is 13.2 Å². The molecular formula is C13H25NO5. The highest BCUT2D eigenvalue weighted by Gasteiger charge is 2.52. The lowest BCUT2D eigenvalue weighted by atomic mass is 9.96.